The van der Waals surface area contributed by atoms with Crippen LogP contribution in [0.15, 0.2) is 18.2 Å². The average molecular weight is 690 g/mol. The summed E-state index contributed by atoms with van der Waals surface area (Å²) < 4.78 is 38.6. The van der Waals surface area contributed by atoms with E-state index in [4.69, 9.17) is 35.5 Å². The molecule has 0 saturated carbocycles. The molecule has 1 aromatic heterocycles. The van der Waals surface area contributed by atoms with E-state index in [1.807, 2.05) is 25.9 Å². The van der Waals surface area contributed by atoms with E-state index in [1.54, 1.807) is 51.3 Å². The number of carbonyl (C=O) groups is 3. The predicted octanol–water partition coefficient (Wildman–Crippen LogP) is 5.84. The van der Waals surface area contributed by atoms with Crippen LogP contribution in [0.2, 0.25) is 5.02 Å². The maximum absolute atomic E-state index is 15.8. The first-order chi connectivity index (χ1) is 22.3. The molecule has 14 heteroatoms. The van der Waals surface area contributed by atoms with Gasteiger partial charge in [0.15, 0.2) is 5.75 Å². The van der Waals surface area contributed by atoms with Crippen LogP contribution < -0.4 is 14.4 Å². The molecule has 48 heavy (non-hydrogen) atoms. The maximum Gasteiger partial charge on any atom is 0.514 e. The van der Waals surface area contributed by atoms with Crippen LogP contribution in [0.25, 0.3) is 11.3 Å². The summed E-state index contributed by atoms with van der Waals surface area (Å²) in [4.78, 5) is 52.4. The third-order valence-corrected chi connectivity index (χ3v) is 8.81. The zero-order chi connectivity index (χ0) is 35.3. The summed E-state index contributed by atoms with van der Waals surface area (Å²) in [6.45, 7) is 13.7. The average Bonchev–Trinajstić information content (AvgIpc) is 3.29. The number of benzene rings is 1. The summed E-state index contributed by atoms with van der Waals surface area (Å²) in [6, 6.07) is 3.63. The molecule has 2 amide bonds. The minimum absolute atomic E-state index is 0.00899. The smallest absolute Gasteiger partial charge is 0.489 e. The standard InChI is InChI=1S/C34H45ClFN5O7/c1-19-15-20(38(8)9)17-41(19)29-25-28(45-18-21-16-39(13-14-40(21)30(25)42)31(43)47-33(2,3)4)26(35)27(37-29)24-22(36)11-10-12-23(24)46-32(44)48-34(5,6)7/h10-12,19-21H,13-18H2,1-9H3/t19-,20-,21+/m0/s1. The normalized spacial score (nSPS) is 21.4. The highest BCUT2D eigenvalue weighted by Gasteiger charge is 2.43. The van der Waals surface area contributed by atoms with Crippen molar-refractivity contribution in [1.29, 1.82) is 0 Å². The van der Waals surface area contributed by atoms with Gasteiger partial charge in [0.2, 0.25) is 0 Å². The summed E-state index contributed by atoms with van der Waals surface area (Å²) in [5, 5.41) is -0.110. The lowest BCUT2D eigenvalue weighted by molar-refractivity contribution is 0.000935. The van der Waals surface area contributed by atoms with Crippen molar-refractivity contribution < 1.29 is 37.7 Å². The summed E-state index contributed by atoms with van der Waals surface area (Å²) in [6.07, 6.45) is -0.711. The van der Waals surface area contributed by atoms with Crippen LogP contribution in [0.1, 0.15) is 65.2 Å². The molecule has 0 radical (unpaired) electrons. The molecule has 12 nitrogen and oxygen atoms in total. The largest absolute Gasteiger partial charge is 0.514 e. The van der Waals surface area contributed by atoms with Crippen LogP contribution in [0, 0.1) is 5.82 Å². The van der Waals surface area contributed by atoms with Crippen LogP contribution in [0.3, 0.4) is 0 Å². The highest BCUT2D eigenvalue weighted by atomic mass is 35.5. The molecule has 0 bridgehead atoms. The second kappa shape index (κ2) is 13.2. The molecule has 0 N–H and O–H groups in total. The second-order valence-electron chi connectivity index (χ2n) is 14.7. The van der Waals surface area contributed by atoms with E-state index in [-0.39, 0.29) is 83.4 Å². The fourth-order valence-electron chi connectivity index (χ4n) is 6.16. The van der Waals surface area contributed by atoms with Gasteiger partial charge in [0.05, 0.1) is 11.6 Å². The summed E-state index contributed by atoms with van der Waals surface area (Å²) in [5.41, 5.74) is -1.60. The molecule has 262 valence electrons. The van der Waals surface area contributed by atoms with Crippen molar-refractivity contribution in [3.8, 4) is 22.8 Å². The quantitative estimate of drug-likeness (QED) is 0.287. The third kappa shape index (κ3) is 7.41. The van der Waals surface area contributed by atoms with Gasteiger partial charge in [-0.2, -0.15) is 0 Å². The molecule has 3 atom stereocenters. The Balaban J connectivity index is 1.62. The Kier molecular flexibility index (Phi) is 9.77. The number of fused-ring (bicyclic) bond motifs is 2. The van der Waals surface area contributed by atoms with E-state index >= 15 is 4.39 Å². The number of piperazine rings is 1. The van der Waals surface area contributed by atoms with Gasteiger partial charge in [0.1, 0.15) is 51.5 Å². The van der Waals surface area contributed by atoms with Crippen molar-refractivity contribution in [2.45, 2.75) is 84.2 Å². The van der Waals surface area contributed by atoms with Crippen molar-refractivity contribution in [2.75, 3.05) is 51.8 Å². The van der Waals surface area contributed by atoms with Gasteiger partial charge in [-0.3, -0.25) is 4.79 Å². The molecule has 5 rings (SSSR count). The van der Waals surface area contributed by atoms with E-state index in [1.165, 1.54) is 18.2 Å². The van der Waals surface area contributed by atoms with Crippen molar-refractivity contribution >= 4 is 35.6 Å². The number of hydrogen-bond acceptors (Lipinski definition) is 10. The lowest BCUT2D eigenvalue weighted by Crippen LogP contribution is -2.58. The van der Waals surface area contributed by atoms with Gasteiger partial charge in [0, 0.05) is 38.3 Å². The topological polar surface area (TPSA) is 114 Å². The van der Waals surface area contributed by atoms with Crippen LogP contribution in [-0.2, 0) is 9.47 Å². The number of likely N-dealkylation sites (N-methyl/N-ethyl adjacent to an activating group) is 1. The first-order valence-corrected chi connectivity index (χ1v) is 16.5. The minimum Gasteiger partial charge on any atom is -0.489 e. The van der Waals surface area contributed by atoms with Gasteiger partial charge in [0.25, 0.3) is 5.91 Å². The lowest BCUT2D eigenvalue weighted by atomic mass is 10.0. The molecule has 2 aromatic rings. The van der Waals surface area contributed by atoms with Crippen LogP contribution in [0.5, 0.6) is 11.5 Å². The second-order valence-corrected chi connectivity index (χ2v) is 15.1. The van der Waals surface area contributed by atoms with Crippen molar-refractivity contribution in [2.24, 2.45) is 0 Å². The Morgan fingerprint density at radius 3 is 2.33 bits per heavy atom. The van der Waals surface area contributed by atoms with E-state index < -0.39 is 35.3 Å². The molecular weight excluding hydrogens is 645 g/mol. The van der Waals surface area contributed by atoms with Gasteiger partial charge >= 0.3 is 12.2 Å². The first kappa shape index (κ1) is 35.5. The van der Waals surface area contributed by atoms with Gasteiger partial charge in [-0.05, 0) is 81.1 Å². The molecule has 3 aliphatic rings. The first-order valence-electron chi connectivity index (χ1n) is 16.1. The number of halogens is 2. The number of nitrogens with zero attached hydrogens (tertiary/aromatic N) is 5. The van der Waals surface area contributed by atoms with Gasteiger partial charge < -0.3 is 38.5 Å². The number of ether oxygens (including phenoxy) is 4. The van der Waals surface area contributed by atoms with Crippen molar-refractivity contribution in [1.82, 2.24) is 19.7 Å². The zero-order valence-electron chi connectivity index (χ0n) is 29.1. The van der Waals surface area contributed by atoms with Crippen LogP contribution >= 0.6 is 11.6 Å². The third-order valence-electron chi connectivity index (χ3n) is 8.45. The van der Waals surface area contributed by atoms with Crippen LogP contribution in [0.4, 0.5) is 19.8 Å². The summed E-state index contributed by atoms with van der Waals surface area (Å²) >= 11 is 7.02. The van der Waals surface area contributed by atoms with E-state index in [9.17, 15) is 14.4 Å². The molecule has 4 heterocycles. The fraction of sp³-hybridized carbons (Fsp3) is 0.588. The Morgan fingerprint density at radius 2 is 1.71 bits per heavy atom. The molecule has 0 spiro atoms. The molecule has 0 unspecified atom stereocenters. The number of rotatable bonds is 4. The molecule has 2 fully saturated rings. The number of hydrogen-bond donors (Lipinski definition) is 0. The number of anilines is 1. The lowest BCUT2D eigenvalue weighted by Gasteiger charge is -2.40. The zero-order valence-corrected chi connectivity index (χ0v) is 29.8. The number of aromatic nitrogens is 1. The van der Waals surface area contributed by atoms with Crippen molar-refractivity contribution in [3.05, 3.63) is 34.6 Å². The molecule has 0 aliphatic carbocycles. The van der Waals surface area contributed by atoms with Gasteiger partial charge in [-0.25, -0.2) is 19.0 Å². The Morgan fingerprint density at radius 1 is 1.02 bits per heavy atom. The number of pyridine rings is 1. The molecule has 2 saturated heterocycles. The minimum atomic E-state index is -1.03. The van der Waals surface area contributed by atoms with Gasteiger partial charge in [-0.1, -0.05) is 17.7 Å². The Labute approximate surface area is 286 Å². The maximum atomic E-state index is 15.8. The molecule has 3 aliphatic heterocycles. The number of carbonyl (C=O) groups excluding carboxylic acids is 3. The SMILES string of the molecule is C[C@H]1C[C@H](N(C)C)CN1c1nc(-c2c(F)cccc2OC(=O)OC(C)(C)C)c(Cl)c2c1C(=O)N1CCN(C(=O)OC(C)(C)C)C[C@@H]1CO2. The highest BCUT2D eigenvalue weighted by Crippen LogP contribution is 2.47. The Bertz CT molecular complexity index is 1590. The van der Waals surface area contributed by atoms with E-state index in [0.29, 0.717) is 6.54 Å². The monoisotopic (exact) mass is 689 g/mol. The summed E-state index contributed by atoms with van der Waals surface area (Å²) in [7, 11) is 3.98. The summed E-state index contributed by atoms with van der Waals surface area (Å²) in [5.74, 6) is -0.927. The van der Waals surface area contributed by atoms with E-state index in [0.717, 1.165) is 6.42 Å². The Hall–Kier alpha value is -3.84. The molecule has 1 aromatic carbocycles. The highest BCUT2D eigenvalue weighted by molar-refractivity contribution is 6.35. The number of amides is 2. The molecular formula is C34H45ClFN5O7. The van der Waals surface area contributed by atoms with Gasteiger partial charge in [-0.15, -0.1) is 0 Å². The fourth-order valence-corrected chi connectivity index (χ4v) is 6.45. The van der Waals surface area contributed by atoms with Crippen LogP contribution in [-0.4, -0.2) is 114 Å². The van der Waals surface area contributed by atoms with Crippen molar-refractivity contribution in [3.63, 3.8) is 0 Å². The predicted molar refractivity (Wildman–Crippen MR) is 179 cm³/mol. The van der Waals surface area contributed by atoms with E-state index in [2.05, 4.69) is 4.90 Å².